The maximum Gasteiger partial charge on any atom is 0.323 e. The minimum atomic E-state index is -1.26. The Morgan fingerprint density at radius 2 is 1.90 bits per heavy atom. The van der Waals surface area contributed by atoms with E-state index < -0.39 is 17.4 Å². The molecule has 1 unspecified atom stereocenters. The summed E-state index contributed by atoms with van der Waals surface area (Å²) in [6.45, 7) is 7.33. The fourth-order valence-corrected chi connectivity index (χ4v) is 2.71. The van der Waals surface area contributed by atoms with Crippen LogP contribution in [0.1, 0.15) is 19.3 Å². The van der Waals surface area contributed by atoms with Gasteiger partial charge in [-0.1, -0.05) is 42.5 Å². The predicted molar refractivity (Wildman–Crippen MR) is 81.4 cm³/mol. The molecule has 0 heterocycles. The molecule has 1 atom stereocenters. The van der Waals surface area contributed by atoms with E-state index in [-0.39, 0.29) is 5.92 Å². The molecule has 0 saturated heterocycles. The first kappa shape index (κ1) is 17.0. The van der Waals surface area contributed by atoms with Crippen molar-refractivity contribution in [1.29, 1.82) is 0 Å². The lowest BCUT2D eigenvalue weighted by Crippen LogP contribution is -2.39. The Labute approximate surface area is 125 Å². The van der Waals surface area contributed by atoms with Gasteiger partial charge in [0.1, 0.15) is 0 Å². The van der Waals surface area contributed by atoms with Crippen LogP contribution in [0.2, 0.25) is 0 Å². The van der Waals surface area contributed by atoms with Gasteiger partial charge in [0.2, 0.25) is 0 Å². The van der Waals surface area contributed by atoms with E-state index in [0.717, 1.165) is 5.57 Å². The Kier molecular flexibility index (Phi) is 6.15. The molecule has 0 aromatic rings. The Hall–Kier alpha value is -2.10. The highest BCUT2D eigenvalue weighted by Crippen LogP contribution is 2.47. The molecule has 0 amide bonds. The molecule has 1 fully saturated rings. The van der Waals surface area contributed by atoms with Gasteiger partial charge in [-0.05, 0) is 25.2 Å². The van der Waals surface area contributed by atoms with Crippen molar-refractivity contribution in [3.63, 3.8) is 0 Å². The number of carbonyl (C=O) groups excluding carboxylic acids is 2. The summed E-state index contributed by atoms with van der Waals surface area (Å²) in [5.74, 6) is -1.11. The zero-order chi connectivity index (χ0) is 15.9. The van der Waals surface area contributed by atoms with Gasteiger partial charge in [0.05, 0.1) is 14.2 Å². The number of hydrogen-bond acceptors (Lipinski definition) is 4. The molecule has 0 spiro atoms. The third-order valence-corrected chi connectivity index (χ3v) is 3.73. The highest BCUT2D eigenvalue weighted by molar-refractivity contribution is 6.01. The van der Waals surface area contributed by atoms with Crippen LogP contribution in [0.25, 0.3) is 0 Å². The molecule has 1 aliphatic carbocycles. The van der Waals surface area contributed by atoms with Gasteiger partial charge in [0.25, 0.3) is 0 Å². The van der Waals surface area contributed by atoms with Crippen LogP contribution in [0.3, 0.4) is 0 Å². The first-order chi connectivity index (χ1) is 10.1. The Morgan fingerprint density at radius 3 is 2.38 bits per heavy atom. The second kappa shape index (κ2) is 7.62. The quantitative estimate of drug-likeness (QED) is 0.326. The minimum absolute atomic E-state index is 0.0128. The highest BCUT2D eigenvalue weighted by atomic mass is 16.5. The topological polar surface area (TPSA) is 52.6 Å². The number of allylic oxidation sites excluding steroid dienone is 6. The highest BCUT2D eigenvalue weighted by Gasteiger charge is 2.54. The maximum atomic E-state index is 12.2. The number of esters is 2. The number of rotatable bonds is 6. The number of carbonyl (C=O) groups is 2. The van der Waals surface area contributed by atoms with Crippen LogP contribution in [0, 0.1) is 11.3 Å². The Balaban J connectivity index is 3.21. The van der Waals surface area contributed by atoms with Gasteiger partial charge in [0.15, 0.2) is 5.41 Å². The minimum Gasteiger partial charge on any atom is -0.468 e. The standard InChI is InChI=1S/C17H22O4/c1-5-7-9-13-11-17(15(18)20-3,16(19)21-4)12-14(13)10-8-6-2/h5-7,9-10,13H,1-2,8,11-12H2,3-4H3/b9-7+,14-10+. The van der Waals surface area contributed by atoms with Crippen LogP contribution in [0.15, 0.2) is 49.1 Å². The normalized spacial score (nSPS) is 22.2. The third-order valence-electron chi connectivity index (χ3n) is 3.73. The van der Waals surface area contributed by atoms with Crippen molar-refractivity contribution >= 4 is 11.9 Å². The summed E-state index contributed by atoms with van der Waals surface area (Å²) in [6, 6.07) is 0. The first-order valence-electron chi connectivity index (χ1n) is 6.81. The van der Waals surface area contributed by atoms with E-state index in [1.54, 1.807) is 12.2 Å². The van der Waals surface area contributed by atoms with Crippen molar-refractivity contribution in [1.82, 2.24) is 0 Å². The molecule has 1 aliphatic rings. The van der Waals surface area contributed by atoms with Crippen molar-refractivity contribution in [3.05, 3.63) is 49.1 Å². The van der Waals surface area contributed by atoms with Gasteiger partial charge in [-0.15, -0.1) is 6.58 Å². The maximum absolute atomic E-state index is 12.2. The van der Waals surface area contributed by atoms with Crippen LogP contribution in [-0.4, -0.2) is 26.2 Å². The third kappa shape index (κ3) is 3.51. The SMILES string of the molecule is C=C/C=C/C1CC(C(=O)OC)(C(=O)OC)C/C1=C\CC=C. The van der Waals surface area contributed by atoms with Crippen LogP contribution >= 0.6 is 0 Å². The monoisotopic (exact) mass is 290 g/mol. The number of hydrogen-bond donors (Lipinski definition) is 0. The summed E-state index contributed by atoms with van der Waals surface area (Å²) in [5, 5.41) is 0. The molecule has 114 valence electrons. The van der Waals surface area contributed by atoms with Gasteiger partial charge in [0, 0.05) is 0 Å². The summed E-state index contributed by atoms with van der Waals surface area (Å²) < 4.78 is 9.67. The molecule has 0 aliphatic heterocycles. The number of ether oxygens (including phenoxy) is 2. The summed E-state index contributed by atoms with van der Waals surface area (Å²) in [7, 11) is 2.57. The van der Waals surface area contributed by atoms with Gasteiger partial charge < -0.3 is 9.47 Å². The predicted octanol–water partition coefficient (Wildman–Crippen LogP) is 2.97. The molecule has 0 bridgehead atoms. The molecule has 0 radical (unpaired) electrons. The molecule has 0 aromatic heterocycles. The molecule has 4 heteroatoms. The molecule has 1 saturated carbocycles. The fourth-order valence-electron chi connectivity index (χ4n) is 2.71. The van der Waals surface area contributed by atoms with Gasteiger partial charge in [-0.3, -0.25) is 9.59 Å². The van der Waals surface area contributed by atoms with Gasteiger partial charge in [-0.25, -0.2) is 0 Å². The van der Waals surface area contributed by atoms with Crippen LogP contribution in [0.4, 0.5) is 0 Å². The number of methoxy groups -OCH3 is 2. The molecule has 21 heavy (non-hydrogen) atoms. The van der Waals surface area contributed by atoms with E-state index in [0.29, 0.717) is 19.3 Å². The largest absolute Gasteiger partial charge is 0.468 e. The van der Waals surface area contributed by atoms with Gasteiger partial charge in [-0.2, -0.15) is 0 Å². The van der Waals surface area contributed by atoms with E-state index in [4.69, 9.17) is 9.47 Å². The van der Waals surface area contributed by atoms with Crippen LogP contribution in [-0.2, 0) is 19.1 Å². The van der Waals surface area contributed by atoms with Crippen molar-refractivity contribution in [3.8, 4) is 0 Å². The molecule has 4 nitrogen and oxygen atoms in total. The Bertz CT molecular complexity index is 469. The summed E-state index contributed by atoms with van der Waals surface area (Å²) >= 11 is 0. The summed E-state index contributed by atoms with van der Waals surface area (Å²) in [4.78, 5) is 24.3. The smallest absolute Gasteiger partial charge is 0.323 e. The average molecular weight is 290 g/mol. The summed E-state index contributed by atoms with van der Waals surface area (Å²) in [5.41, 5.74) is -0.240. The molecule has 0 N–H and O–H groups in total. The zero-order valence-electron chi connectivity index (χ0n) is 12.6. The Morgan fingerprint density at radius 1 is 1.29 bits per heavy atom. The zero-order valence-corrected chi connectivity index (χ0v) is 12.6. The van der Waals surface area contributed by atoms with Crippen molar-refractivity contribution < 1.29 is 19.1 Å². The lowest BCUT2D eigenvalue weighted by atomic mass is 9.85. The fraction of sp³-hybridized carbons (Fsp3) is 0.412. The van der Waals surface area contributed by atoms with E-state index in [9.17, 15) is 9.59 Å². The lowest BCUT2D eigenvalue weighted by molar-refractivity contribution is -0.168. The lowest BCUT2D eigenvalue weighted by Gasteiger charge is -2.22. The van der Waals surface area contributed by atoms with Crippen molar-refractivity contribution in [2.75, 3.05) is 14.2 Å². The van der Waals surface area contributed by atoms with Crippen molar-refractivity contribution in [2.45, 2.75) is 19.3 Å². The van der Waals surface area contributed by atoms with E-state index in [1.807, 2.05) is 18.2 Å². The molecule has 0 aromatic carbocycles. The van der Waals surface area contributed by atoms with E-state index in [1.165, 1.54) is 14.2 Å². The van der Waals surface area contributed by atoms with E-state index >= 15 is 0 Å². The van der Waals surface area contributed by atoms with E-state index in [2.05, 4.69) is 13.2 Å². The van der Waals surface area contributed by atoms with Crippen LogP contribution < -0.4 is 0 Å². The first-order valence-corrected chi connectivity index (χ1v) is 6.81. The van der Waals surface area contributed by atoms with Crippen molar-refractivity contribution in [2.24, 2.45) is 11.3 Å². The summed E-state index contributed by atoms with van der Waals surface area (Å²) in [6.07, 6.45) is 10.5. The molecular weight excluding hydrogens is 268 g/mol. The van der Waals surface area contributed by atoms with Gasteiger partial charge >= 0.3 is 11.9 Å². The second-order valence-electron chi connectivity index (χ2n) is 4.98. The van der Waals surface area contributed by atoms with Crippen LogP contribution in [0.5, 0.6) is 0 Å². The molecule has 1 rings (SSSR count). The second-order valence-corrected chi connectivity index (χ2v) is 4.98. The molecular formula is C17H22O4. The average Bonchev–Trinajstić information content (AvgIpc) is 2.89.